The van der Waals surface area contributed by atoms with E-state index < -0.39 is 5.97 Å². The Balaban J connectivity index is 2.78. The molecule has 0 amide bonds. The molecule has 0 heterocycles. The van der Waals surface area contributed by atoms with Crippen LogP contribution in [0.4, 0.5) is 0 Å². The minimum absolute atomic E-state index is 0.165. The molecular formula is C12H14O4. The summed E-state index contributed by atoms with van der Waals surface area (Å²) in [6, 6.07) is 5.30. The van der Waals surface area contributed by atoms with Gasteiger partial charge in [0, 0.05) is 12.1 Å². The predicted octanol–water partition coefficient (Wildman–Crippen LogP) is 1.93. The van der Waals surface area contributed by atoms with E-state index in [0.717, 1.165) is 11.6 Å². The first-order chi connectivity index (χ1) is 7.69. The summed E-state index contributed by atoms with van der Waals surface area (Å²) < 4.78 is 15.1. The molecule has 0 atom stereocenters. The Kier molecular flexibility index (Phi) is 4.39. The summed E-state index contributed by atoms with van der Waals surface area (Å²) in [5, 5.41) is 0. The van der Waals surface area contributed by atoms with Crippen LogP contribution in [0.3, 0.4) is 0 Å². The van der Waals surface area contributed by atoms with E-state index in [2.05, 4.69) is 6.58 Å². The van der Waals surface area contributed by atoms with E-state index in [0.29, 0.717) is 11.5 Å². The van der Waals surface area contributed by atoms with Crippen molar-refractivity contribution in [2.45, 2.75) is 6.61 Å². The lowest BCUT2D eigenvalue weighted by molar-refractivity contribution is -0.138. The number of carbonyl (C=O) groups is 1. The Bertz CT molecular complexity index is 362. The van der Waals surface area contributed by atoms with Crippen molar-refractivity contribution in [1.29, 1.82) is 0 Å². The Morgan fingerprint density at radius 2 is 1.81 bits per heavy atom. The average Bonchev–Trinajstić information content (AvgIpc) is 2.35. The van der Waals surface area contributed by atoms with Crippen molar-refractivity contribution < 1.29 is 19.0 Å². The second-order valence-electron chi connectivity index (χ2n) is 3.03. The number of methoxy groups -OCH3 is 2. The van der Waals surface area contributed by atoms with Gasteiger partial charge >= 0.3 is 5.97 Å². The summed E-state index contributed by atoms with van der Waals surface area (Å²) in [7, 11) is 3.13. The first-order valence-corrected chi connectivity index (χ1v) is 4.70. The van der Waals surface area contributed by atoms with E-state index in [4.69, 9.17) is 14.2 Å². The van der Waals surface area contributed by atoms with Crippen LogP contribution in [0, 0.1) is 0 Å². The maximum absolute atomic E-state index is 10.9. The average molecular weight is 222 g/mol. The van der Waals surface area contributed by atoms with Crippen LogP contribution in [0.2, 0.25) is 0 Å². The number of carbonyl (C=O) groups excluding carboxylic acids is 1. The molecule has 1 rings (SSSR count). The largest absolute Gasteiger partial charge is 0.497 e. The van der Waals surface area contributed by atoms with Gasteiger partial charge in [0.2, 0.25) is 0 Å². The molecule has 0 aliphatic heterocycles. The summed E-state index contributed by atoms with van der Waals surface area (Å²) in [4.78, 5) is 10.9. The highest BCUT2D eigenvalue weighted by atomic mass is 16.5. The van der Waals surface area contributed by atoms with Crippen molar-refractivity contribution >= 4 is 5.97 Å². The highest BCUT2D eigenvalue weighted by molar-refractivity contribution is 5.81. The normalized spacial score (nSPS) is 9.38. The number of ether oxygens (including phenoxy) is 3. The molecule has 0 spiro atoms. The standard InChI is InChI=1S/C12H14O4/c1-4-12(13)16-8-9-5-10(14-2)7-11(6-9)15-3/h4-7H,1,8H2,2-3H3. The summed E-state index contributed by atoms with van der Waals surface area (Å²) in [6.45, 7) is 3.48. The highest BCUT2D eigenvalue weighted by Gasteiger charge is 2.03. The maximum atomic E-state index is 10.9. The van der Waals surface area contributed by atoms with E-state index in [-0.39, 0.29) is 6.61 Å². The molecule has 4 nitrogen and oxygen atoms in total. The number of esters is 1. The minimum atomic E-state index is -0.457. The van der Waals surface area contributed by atoms with Gasteiger partial charge in [0.25, 0.3) is 0 Å². The first-order valence-electron chi connectivity index (χ1n) is 4.70. The van der Waals surface area contributed by atoms with E-state index in [1.807, 2.05) is 0 Å². The number of hydrogen-bond donors (Lipinski definition) is 0. The van der Waals surface area contributed by atoms with Gasteiger partial charge < -0.3 is 14.2 Å². The van der Waals surface area contributed by atoms with Gasteiger partial charge in [-0.25, -0.2) is 4.79 Å². The van der Waals surface area contributed by atoms with Gasteiger partial charge in [-0.3, -0.25) is 0 Å². The third-order valence-electron chi connectivity index (χ3n) is 1.96. The topological polar surface area (TPSA) is 44.8 Å². The third-order valence-corrected chi connectivity index (χ3v) is 1.96. The summed E-state index contributed by atoms with van der Waals surface area (Å²) in [5.41, 5.74) is 0.798. The molecule has 0 unspecified atom stereocenters. The summed E-state index contributed by atoms with van der Waals surface area (Å²) in [6.07, 6.45) is 1.12. The fourth-order valence-electron chi connectivity index (χ4n) is 1.16. The first kappa shape index (κ1) is 12.1. The maximum Gasteiger partial charge on any atom is 0.330 e. The molecule has 0 N–H and O–H groups in total. The van der Waals surface area contributed by atoms with Gasteiger partial charge in [0.05, 0.1) is 14.2 Å². The van der Waals surface area contributed by atoms with Crippen LogP contribution >= 0.6 is 0 Å². The van der Waals surface area contributed by atoms with Crippen LogP contribution in [0.15, 0.2) is 30.9 Å². The third kappa shape index (κ3) is 3.31. The van der Waals surface area contributed by atoms with Crippen LogP contribution in [0.25, 0.3) is 0 Å². The molecule has 0 radical (unpaired) electrons. The van der Waals surface area contributed by atoms with Gasteiger partial charge in [-0.1, -0.05) is 6.58 Å². The second kappa shape index (κ2) is 5.80. The molecule has 16 heavy (non-hydrogen) atoms. The molecule has 0 aliphatic carbocycles. The Morgan fingerprint density at radius 1 is 1.25 bits per heavy atom. The smallest absolute Gasteiger partial charge is 0.330 e. The number of benzene rings is 1. The van der Waals surface area contributed by atoms with Gasteiger partial charge in [0.1, 0.15) is 18.1 Å². The van der Waals surface area contributed by atoms with Gasteiger partial charge in [-0.2, -0.15) is 0 Å². The van der Waals surface area contributed by atoms with E-state index in [9.17, 15) is 4.79 Å². The van der Waals surface area contributed by atoms with Crippen LogP contribution in [0.1, 0.15) is 5.56 Å². The zero-order valence-electron chi connectivity index (χ0n) is 9.36. The Morgan fingerprint density at radius 3 is 2.25 bits per heavy atom. The molecular weight excluding hydrogens is 208 g/mol. The van der Waals surface area contributed by atoms with Gasteiger partial charge in [0.15, 0.2) is 0 Å². The van der Waals surface area contributed by atoms with Crippen molar-refractivity contribution in [1.82, 2.24) is 0 Å². The van der Waals surface area contributed by atoms with Crippen LogP contribution in [0.5, 0.6) is 11.5 Å². The monoisotopic (exact) mass is 222 g/mol. The van der Waals surface area contributed by atoms with Gasteiger partial charge in [-0.15, -0.1) is 0 Å². The fourth-order valence-corrected chi connectivity index (χ4v) is 1.16. The highest BCUT2D eigenvalue weighted by Crippen LogP contribution is 2.22. The minimum Gasteiger partial charge on any atom is -0.497 e. The molecule has 1 aromatic carbocycles. The SMILES string of the molecule is C=CC(=O)OCc1cc(OC)cc(OC)c1. The van der Waals surface area contributed by atoms with Crippen LogP contribution in [-0.4, -0.2) is 20.2 Å². The van der Waals surface area contributed by atoms with Crippen LogP contribution in [-0.2, 0) is 16.1 Å². The zero-order valence-corrected chi connectivity index (χ0v) is 9.36. The Hall–Kier alpha value is -1.97. The Labute approximate surface area is 94.4 Å². The summed E-state index contributed by atoms with van der Waals surface area (Å²) in [5.74, 6) is 0.856. The van der Waals surface area contributed by atoms with Gasteiger partial charge in [-0.05, 0) is 17.7 Å². The van der Waals surface area contributed by atoms with Crippen molar-refractivity contribution in [3.05, 3.63) is 36.4 Å². The molecule has 0 saturated carbocycles. The fraction of sp³-hybridized carbons (Fsp3) is 0.250. The van der Waals surface area contributed by atoms with Crippen LogP contribution < -0.4 is 9.47 Å². The molecule has 86 valence electrons. The molecule has 0 aliphatic rings. The predicted molar refractivity (Wildman–Crippen MR) is 59.5 cm³/mol. The lowest BCUT2D eigenvalue weighted by atomic mass is 10.2. The van der Waals surface area contributed by atoms with Crippen molar-refractivity contribution in [2.75, 3.05) is 14.2 Å². The molecule has 0 fully saturated rings. The molecule has 0 bridgehead atoms. The zero-order chi connectivity index (χ0) is 12.0. The molecule has 4 heteroatoms. The number of rotatable bonds is 5. The van der Waals surface area contributed by atoms with Crippen molar-refractivity contribution in [3.63, 3.8) is 0 Å². The number of hydrogen-bond acceptors (Lipinski definition) is 4. The molecule has 1 aromatic rings. The molecule has 0 saturated heterocycles. The van der Waals surface area contributed by atoms with E-state index in [1.54, 1.807) is 32.4 Å². The lowest BCUT2D eigenvalue weighted by Crippen LogP contribution is -2.00. The summed E-state index contributed by atoms with van der Waals surface area (Å²) >= 11 is 0. The van der Waals surface area contributed by atoms with Crippen molar-refractivity contribution in [3.8, 4) is 11.5 Å². The molecule has 0 aromatic heterocycles. The van der Waals surface area contributed by atoms with Crippen molar-refractivity contribution in [2.24, 2.45) is 0 Å². The van der Waals surface area contributed by atoms with E-state index in [1.165, 1.54) is 0 Å². The second-order valence-corrected chi connectivity index (χ2v) is 3.03. The van der Waals surface area contributed by atoms with E-state index >= 15 is 0 Å². The quantitative estimate of drug-likeness (QED) is 0.564. The lowest BCUT2D eigenvalue weighted by Gasteiger charge is -2.08.